The van der Waals surface area contributed by atoms with Crippen LogP contribution in [0.15, 0.2) is 0 Å². The van der Waals surface area contributed by atoms with Crippen molar-refractivity contribution >= 4 is 41.1 Å². The fourth-order valence-corrected chi connectivity index (χ4v) is 1.63. The van der Waals surface area contributed by atoms with Gasteiger partial charge in [0, 0.05) is 0 Å². The lowest BCUT2D eigenvalue weighted by atomic mass is 10.4. The summed E-state index contributed by atoms with van der Waals surface area (Å²) in [5.41, 5.74) is 0. The Hall–Kier alpha value is 1.11. The molecule has 0 bridgehead atoms. The summed E-state index contributed by atoms with van der Waals surface area (Å²) in [6, 6.07) is 0. The predicted molar refractivity (Wildman–Crippen MR) is 51.1 cm³/mol. The maximum atomic E-state index is 4.10. The number of thiol groups is 2. The van der Waals surface area contributed by atoms with E-state index < -0.39 is 0 Å². The standard InChI is InChI=1S/C4H11BS3/c1-2-3-4-8-5(6)7/h6-7H,2-4H2,1H3. The van der Waals surface area contributed by atoms with Gasteiger partial charge in [0.05, 0.1) is 0 Å². The van der Waals surface area contributed by atoms with E-state index in [1.807, 2.05) is 0 Å². The molecule has 0 fully saturated rings. The third-order valence-corrected chi connectivity index (χ3v) is 2.48. The quantitative estimate of drug-likeness (QED) is 0.367. The first-order valence-corrected chi connectivity index (χ1v) is 4.83. The first kappa shape index (κ1) is 9.11. The molecule has 4 heteroatoms. The smallest absolute Gasteiger partial charge is 0.202 e. The molecule has 0 aromatic heterocycles. The van der Waals surface area contributed by atoms with E-state index in [9.17, 15) is 0 Å². The molecule has 0 saturated heterocycles. The molecule has 0 aromatic carbocycles. The van der Waals surface area contributed by atoms with Crippen LogP contribution in [0.5, 0.6) is 0 Å². The van der Waals surface area contributed by atoms with Crippen LogP contribution in [-0.2, 0) is 0 Å². The molecule has 0 spiro atoms. The topological polar surface area (TPSA) is 0 Å². The second-order valence-electron chi connectivity index (χ2n) is 1.55. The number of unbranched alkanes of at least 4 members (excludes halogenated alkanes) is 1. The second-order valence-corrected chi connectivity index (χ2v) is 4.90. The van der Waals surface area contributed by atoms with Gasteiger partial charge in [0.25, 0.3) is 0 Å². The van der Waals surface area contributed by atoms with E-state index in [-0.39, 0.29) is 4.55 Å². The molecule has 0 radical (unpaired) electrons. The average molecular weight is 166 g/mol. The van der Waals surface area contributed by atoms with Crippen LogP contribution >= 0.6 is 36.6 Å². The van der Waals surface area contributed by atoms with Crippen LogP contribution in [0.3, 0.4) is 0 Å². The molecule has 48 valence electrons. The number of rotatable bonds is 4. The van der Waals surface area contributed by atoms with Gasteiger partial charge in [-0.25, -0.2) is 25.0 Å². The summed E-state index contributed by atoms with van der Waals surface area (Å²) in [5, 5.41) is 0. The van der Waals surface area contributed by atoms with Crippen molar-refractivity contribution in [2.75, 3.05) is 5.75 Å². The van der Waals surface area contributed by atoms with Crippen LogP contribution in [-0.4, -0.2) is 10.3 Å². The zero-order valence-electron chi connectivity index (χ0n) is 5.00. The van der Waals surface area contributed by atoms with Crippen molar-refractivity contribution < 1.29 is 0 Å². The first-order valence-electron chi connectivity index (χ1n) is 2.75. The minimum absolute atomic E-state index is 0.210. The highest BCUT2D eigenvalue weighted by molar-refractivity contribution is 8.68. The summed E-state index contributed by atoms with van der Waals surface area (Å²) in [5.74, 6) is 1.19. The van der Waals surface area contributed by atoms with Gasteiger partial charge in [-0.15, -0.1) is 0 Å². The van der Waals surface area contributed by atoms with Crippen LogP contribution in [0.2, 0.25) is 0 Å². The lowest BCUT2D eigenvalue weighted by Gasteiger charge is -1.96. The van der Waals surface area contributed by atoms with Crippen LogP contribution in [0.4, 0.5) is 0 Å². The van der Waals surface area contributed by atoms with Crippen molar-refractivity contribution in [3.63, 3.8) is 0 Å². The highest BCUT2D eigenvalue weighted by atomic mass is 32.2. The highest BCUT2D eigenvalue weighted by Crippen LogP contribution is 2.14. The molecule has 0 nitrogen and oxygen atoms in total. The summed E-state index contributed by atoms with van der Waals surface area (Å²) in [6.45, 7) is 2.19. The Morgan fingerprint density at radius 3 is 2.50 bits per heavy atom. The fourth-order valence-electron chi connectivity index (χ4n) is 0.333. The van der Waals surface area contributed by atoms with Gasteiger partial charge in [0.15, 0.2) is 0 Å². The number of hydrogen-bond acceptors (Lipinski definition) is 3. The summed E-state index contributed by atoms with van der Waals surface area (Å²) in [4.78, 5) is 0. The Balaban J connectivity index is 2.72. The Morgan fingerprint density at radius 1 is 1.50 bits per heavy atom. The van der Waals surface area contributed by atoms with E-state index in [1.54, 1.807) is 11.6 Å². The predicted octanol–water partition coefficient (Wildman–Crippen LogP) is 2.36. The molecule has 0 aromatic rings. The van der Waals surface area contributed by atoms with Gasteiger partial charge in [-0.05, 0) is 12.2 Å². The fraction of sp³-hybridized carbons (Fsp3) is 1.00. The third kappa shape index (κ3) is 7.11. The van der Waals surface area contributed by atoms with Gasteiger partial charge in [-0.1, -0.05) is 13.3 Å². The Labute approximate surface area is 66.8 Å². The van der Waals surface area contributed by atoms with Crippen molar-refractivity contribution in [2.45, 2.75) is 19.8 Å². The lowest BCUT2D eigenvalue weighted by molar-refractivity contribution is 0.898. The zero-order valence-corrected chi connectivity index (χ0v) is 7.61. The van der Waals surface area contributed by atoms with E-state index >= 15 is 0 Å². The normalized spacial score (nSPS) is 9.38. The SMILES string of the molecule is CCCCSB(S)S. The van der Waals surface area contributed by atoms with E-state index in [0.29, 0.717) is 0 Å². The molecule has 8 heavy (non-hydrogen) atoms. The summed E-state index contributed by atoms with van der Waals surface area (Å²) in [6.07, 6.45) is 2.55. The minimum Gasteiger partial charge on any atom is -0.202 e. The van der Waals surface area contributed by atoms with E-state index in [1.165, 1.54) is 18.6 Å². The molecule has 0 heterocycles. The van der Waals surface area contributed by atoms with E-state index in [2.05, 4.69) is 31.9 Å². The van der Waals surface area contributed by atoms with Crippen LogP contribution < -0.4 is 0 Å². The maximum absolute atomic E-state index is 4.10. The van der Waals surface area contributed by atoms with Gasteiger partial charge in [-0.3, -0.25) is 0 Å². The molecule has 0 saturated carbocycles. The van der Waals surface area contributed by atoms with E-state index in [0.717, 1.165) is 0 Å². The maximum Gasteiger partial charge on any atom is 0.335 e. The van der Waals surface area contributed by atoms with Gasteiger partial charge in [-0.2, -0.15) is 11.6 Å². The Morgan fingerprint density at radius 2 is 2.12 bits per heavy atom. The van der Waals surface area contributed by atoms with Crippen LogP contribution in [0, 0.1) is 0 Å². The van der Waals surface area contributed by atoms with Crippen molar-refractivity contribution in [3.8, 4) is 0 Å². The molecule has 0 aliphatic rings. The van der Waals surface area contributed by atoms with Gasteiger partial charge < -0.3 is 0 Å². The largest absolute Gasteiger partial charge is 0.335 e. The highest BCUT2D eigenvalue weighted by Gasteiger charge is 1.98. The van der Waals surface area contributed by atoms with Crippen molar-refractivity contribution in [2.24, 2.45) is 0 Å². The van der Waals surface area contributed by atoms with Crippen molar-refractivity contribution in [3.05, 3.63) is 0 Å². The summed E-state index contributed by atoms with van der Waals surface area (Å²) in [7, 11) is 0. The Bertz CT molecular complexity index is 48.5. The van der Waals surface area contributed by atoms with Crippen molar-refractivity contribution in [1.29, 1.82) is 0 Å². The van der Waals surface area contributed by atoms with Gasteiger partial charge in [0.2, 0.25) is 0 Å². The second kappa shape index (κ2) is 6.24. The molecule has 0 amide bonds. The molecular formula is C4H11BS3. The minimum atomic E-state index is 0.210. The molecule has 0 aliphatic carbocycles. The molecule has 0 unspecified atom stereocenters. The molecule has 0 aliphatic heterocycles. The van der Waals surface area contributed by atoms with E-state index in [4.69, 9.17) is 0 Å². The zero-order chi connectivity index (χ0) is 6.41. The molecule has 0 N–H and O–H groups in total. The summed E-state index contributed by atoms with van der Waals surface area (Å²) >= 11 is 9.98. The molecule has 0 rings (SSSR count). The summed E-state index contributed by atoms with van der Waals surface area (Å²) < 4.78 is 0.210. The average Bonchev–Trinajstić information content (AvgIpc) is 1.66. The molecule has 0 atom stereocenters. The van der Waals surface area contributed by atoms with Crippen LogP contribution in [0.25, 0.3) is 0 Å². The molecular weight excluding hydrogens is 155 g/mol. The van der Waals surface area contributed by atoms with Gasteiger partial charge >= 0.3 is 4.55 Å². The number of hydrogen-bond donors (Lipinski definition) is 2. The third-order valence-electron chi connectivity index (χ3n) is 0.765. The lowest BCUT2D eigenvalue weighted by Crippen LogP contribution is -1.87. The van der Waals surface area contributed by atoms with Gasteiger partial charge in [0.1, 0.15) is 0 Å². The Kier molecular flexibility index (Phi) is 7.11. The van der Waals surface area contributed by atoms with Crippen molar-refractivity contribution in [1.82, 2.24) is 0 Å². The van der Waals surface area contributed by atoms with Crippen LogP contribution in [0.1, 0.15) is 19.8 Å². The first-order chi connectivity index (χ1) is 3.77. The monoisotopic (exact) mass is 166 g/mol.